The van der Waals surface area contributed by atoms with E-state index in [1.807, 2.05) is 12.1 Å². The molecule has 1 saturated carbocycles. The lowest BCUT2D eigenvalue weighted by molar-refractivity contribution is -0.117. The van der Waals surface area contributed by atoms with Gasteiger partial charge in [-0.25, -0.2) is 0 Å². The van der Waals surface area contributed by atoms with Crippen molar-refractivity contribution in [3.63, 3.8) is 0 Å². The second-order valence-electron chi connectivity index (χ2n) is 6.79. The molecule has 0 spiro atoms. The first-order valence-electron chi connectivity index (χ1n) is 8.58. The van der Waals surface area contributed by atoms with Crippen LogP contribution in [0, 0.1) is 0 Å². The maximum atomic E-state index is 12.1. The van der Waals surface area contributed by atoms with Gasteiger partial charge in [-0.2, -0.15) is 0 Å². The summed E-state index contributed by atoms with van der Waals surface area (Å²) in [5.74, 6) is 0.768. The van der Waals surface area contributed by atoms with E-state index in [2.05, 4.69) is 22.3 Å². The summed E-state index contributed by atoms with van der Waals surface area (Å²) < 4.78 is 0. The minimum absolute atomic E-state index is 0.0551. The topological polar surface area (TPSA) is 58.4 Å². The minimum atomic E-state index is 0.0551. The zero-order chi connectivity index (χ0) is 15.4. The van der Waals surface area contributed by atoms with E-state index in [-0.39, 0.29) is 11.9 Å². The van der Waals surface area contributed by atoms with Gasteiger partial charge in [-0.05, 0) is 42.9 Å². The molecule has 3 rings (SSSR count). The van der Waals surface area contributed by atoms with Crippen LogP contribution in [0.2, 0.25) is 0 Å². The monoisotopic (exact) mass is 301 g/mol. The van der Waals surface area contributed by atoms with Gasteiger partial charge in [0.25, 0.3) is 0 Å². The molecular formula is C18H27N3O. The predicted molar refractivity (Wildman–Crippen MR) is 89.9 cm³/mol. The first kappa shape index (κ1) is 15.5. The van der Waals surface area contributed by atoms with Gasteiger partial charge in [0.05, 0.1) is 6.54 Å². The molecule has 1 heterocycles. The fourth-order valence-corrected chi connectivity index (χ4v) is 3.68. The van der Waals surface area contributed by atoms with Gasteiger partial charge in [0.1, 0.15) is 0 Å². The number of hydrogen-bond donors (Lipinski definition) is 2. The Morgan fingerprint density at radius 3 is 2.50 bits per heavy atom. The van der Waals surface area contributed by atoms with Crippen molar-refractivity contribution in [3.05, 3.63) is 29.8 Å². The summed E-state index contributed by atoms with van der Waals surface area (Å²) in [4.78, 5) is 14.2. The number of amides is 1. The highest BCUT2D eigenvalue weighted by molar-refractivity contribution is 5.92. The van der Waals surface area contributed by atoms with Crippen LogP contribution < -0.4 is 11.1 Å². The fraction of sp³-hybridized carbons (Fsp3) is 0.611. The molecule has 1 amide bonds. The van der Waals surface area contributed by atoms with E-state index in [0.717, 1.165) is 25.2 Å². The quantitative estimate of drug-likeness (QED) is 0.899. The van der Waals surface area contributed by atoms with Gasteiger partial charge >= 0.3 is 0 Å². The van der Waals surface area contributed by atoms with E-state index >= 15 is 0 Å². The SMILES string of the molecule is NC1CCN(CC(=O)Nc2ccc(C3CCCCC3)cc2)C1. The molecule has 22 heavy (non-hydrogen) atoms. The summed E-state index contributed by atoms with van der Waals surface area (Å²) in [5, 5.41) is 2.99. The zero-order valence-corrected chi connectivity index (χ0v) is 13.3. The zero-order valence-electron chi connectivity index (χ0n) is 13.3. The molecular weight excluding hydrogens is 274 g/mol. The minimum Gasteiger partial charge on any atom is -0.326 e. The third-order valence-corrected chi connectivity index (χ3v) is 4.95. The third-order valence-electron chi connectivity index (χ3n) is 4.95. The summed E-state index contributed by atoms with van der Waals surface area (Å²) in [5.41, 5.74) is 8.18. The summed E-state index contributed by atoms with van der Waals surface area (Å²) in [6, 6.07) is 8.66. The fourth-order valence-electron chi connectivity index (χ4n) is 3.68. The lowest BCUT2D eigenvalue weighted by Gasteiger charge is -2.22. The van der Waals surface area contributed by atoms with Crippen LogP contribution in [0.1, 0.15) is 50.0 Å². The summed E-state index contributed by atoms with van der Waals surface area (Å²) in [6.07, 6.45) is 7.68. The van der Waals surface area contributed by atoms with Crippen molar-refractivity contribution in [2.24, 2.45) is 5.73 Å². The molecule has 4 nitrogen and oxygen atoms in total. The Morgan fingerprint density at radius 1 is 1.14 bits per heavy atom. The van der Waals surface area contributed by atoms with Gasteiger partial charge < -0.3 is 11.1 Å². The number of nitrogens with two attached hydrogens (primary N) is 1. The Labute approximate surface area is 133 Å². The molecule has 1 saturated heterocycles. The van der Waals surface area contributed by atoms with Crippen LogP contribution in [0.15, 0.2) is 24.3 Å². The smallest absolute Gasteiger partial charge is 0.238 e. The number of nitrogens with zero attached hydrogens (tertiary/aromatic N) is 1. The van der Waals surface area contributed by atoms with E-state index in [9.17, 15) is 4.79 Å². The van der Waals surface area contributed by atoms with Gasteiger partial charge in [-0.15, -0.1) is 0 Å². The molecule has 2 fully saturated rings. The number of likely N-dealkylation sites (tertiary alicyclic amines) is 1. The largest absolute Gasteiger partial charge is 0.326 e. The van der Waals surface area contributed by atoms with E-state index in [1.54, 1.807) is 0 Å². The molecule has 1 aliphatic carbocycles. The standard InChI is InChI=1S/C18H27N3O/c19-16-10-11-21(12-16)13-18(22)20-17-8-6-15(7-9-17)14-4-2-1-3-5-14/h6-9,14,16H,1-5,10-13,19H2,(H,20,22). The van der Waals surface area contributed by atoms with E-state index in [0.29, 0.717) is 12.5 Å². The number of hydrogen-bond acceptors (Lipinski definition) is 3. The number of nitrogens with one attached hydrogen (secondary N) is 1. The van der Waals surface area contributed by atoms with Crippen LogP contribution in [0.4, 0.5) is 5.69 Å². The van der Waals surface area contributed by atoms with Crippen molar-refractivity contribution in [1.29, 1.82) is 0 Å². The summed E-state index contributed by atoms with van der Waals surface area (Å²) in [6.45, 7) is 2.20. The van der Waals surface area contributed by atoms with Crippen LogP contribution in [0.25, 0.3) is 0 Å². The van der Waals surface area contributed by atoms with Crippen LogP contribution in [0.3, 0.4) is 0 Å². The first-order valence-corrected chi connectivity index (χ1v) is 8.58. The summed E-state index contributed by atoms with van der Waals surface area (Å²) in [7, 11) is 0. The van der Waals surface area contributed by atoms with Gasteiger partial charge in [-0.1, -0.05) is 31.4 Å². The number of carbonyl (C=O) groups excluding carboxylic acids is 1. The molecule has 0 aromatic heterocycles. The van der Waals surface area contributed by atoms with Crippen LogP contribution in [-0.4, -0.2) is 36.5 Å². The number of rotatable bonds is 4. The first-order chi connectivity index (χ1) is 10.7. The second-order valence-corrected chi connectivity index (χ2v) is 6.79. The second kappa shape index (κ2) is 7.25. The normalized spacial score (nSPS) is 23.6. The molecule has 0 bridgehead atoms. The lowest BCUT2D eigenvalue weighted by Crippen LogP contribution is -2.33. The highest BCUT2D eigenvalue weighted by Gasteiger charge is 2.21. The van der Waals surface area contributed by atoms with Crippen LogP contribution >= 0.6 is 0 Å². The molecule has 120 valence electrons. The molecule has 0 radical (unpaired) electrons. The molecule has 1 atom stereocenters. The predicted octanol–water partition coefficient (Wildman–Crippen LogP) is 2.71. The van der Waals surface area contributed by atoms with Gasteiger partial charge in [0.2, 0.25) is 5.91 Å². The highest BCUT2D eigenvalue weighted by atomic mass is 16.2. The average molecular weight is 301 g/mol. The lowest BCUT2D eigenvalue weighted by atomic mass is 9.84. The van der Waals surface area contributed by atoms with Crippen LogP contribution in [0.5, 0.6) is 0 Å². The number of carbonyl (C=O) groups is 1. The molecule has 1 aromatic carbocycles. The Kier molecular flexibility index (Phi) is 5.11. The van der Waals surface area contributed by atoms with Gasteiger partial charge in [0.15, 0.2) is 0 Å². The van der Waals surface area contributed by atoms with E-state index < -0.39 is 0 Å². The molecule has 1 aliphatic heterocycles. The third kappa shape index (κ3) is 4.08. The maximum absolute atomic E-state index is 12.1. The Bertz CT molecular complexity index is 494. The van der Waals surface area contributed by atoms with Gasteiger partial charge in [-0.3, -0.25) is 9.69 Å². The van der Waals surface area contributed by atoms with E-state index in [1.165, 1.54) is 37.7 Å². The van der Waals surface area contributed by atoms with Crippen molar-refractivity contribution in [2.45, 2.75) is 50.5 Å². The summed E-state index contributed by atoms with van der Waals surface area (Å²) >= 11 is 0. The van der Waals surface area contributed by atoms with Crippen LogP contribution in [-0.2, 0) is 4.79 Å². The molecule has 1 aromatic rings. The highest BCUT2D eigenvalue weighted by Crippen LogP contribution is 2.32. The Morgan fingerprint density at radius 2 is 1.86 bits per heavy atom. The molecule has 2 aliphatic rings. The molecule has 3 N–H and O–H groups in total. The van der Waals surface area contributed by atoms with Crippen molar-refractivity contribution < 1.29 is 4.79 Å². The average Bonchev–Trinajstić information content (AvgIpc) is 2.94. The Balaban J connectivity index is 1.51. The van der Waals surface area contributed by atoms with Crippen molar-refractivity contribution in [1.82, 2.24) is 4.90 Å². The van der Waals surface area contributed by atoms with Gasteiger partial charge in [0, 0.05) is 24.8 Å². The molecule has 1 unspecified atom stereocenters. The number of anilines is 1. The Hall–Kier alpha value is -1.39. The van der Waals surface area contributed by atoms with Crippen molar-refractivity contribution >= 4 is 11.6 Å². The van der Waals surface area contributed by atoms with Crippen molar-refractivity contribution in [2.75, 3.05) is 25.0 Å². The number of benzene rings is 1. The maximum Gasteiger partial charge on any atom is 0.238 e. The molecule has 4 heteroatoms. The van der Waals surface area contributed by atoms with E-state index in [4.69, 9.17) is 5.73 Å². The van der Waals surface area contributed by atoms with Crippen molar-refractivity contribution in [3.8, 4) is 0 Å².